The molecule has 2 atom stereocenters. The number of imidazole rings is 1. The fourth-order valence-electron chi connectivity index (χ4n) is 5.41. The first-order valence-corrected chi connectivity index (χ1v) is 14.8. The molecule has 0 radical (unpaired) electrons. The van der Waals surface area contributed by atoms with Crippen LogP contribution in [-0.4, -0.2) is 59.2 Å². The zero-order chi connectivity index (χ0) is 32.0. The van der Waals surface area contributed by atoms with Gasteiger partial charge in [-0.15, -0.1) is 0 Å². The first kappa shape index (κ1) is 31.3. The summed E-state index contributed by atoms with van der Waals surface area (Å²) < 4.78 is 5.10. The number of Topliss-reactive ketones (excluding diaryl/α,β-unsaturated/α-hetero) is 1. The Hall–Kier alpha value is -5.13. The average molecular weight is 608 g/mol. The van der Waals surface area contributed by atoms with Gasteiger partial charge in [0.25, 0.3) is 5.91 Å². The van der Waals surface area contributed by atoms with E-state index in [1.165, 1.54) is 0 Å². The number of ether oxygens (including phenoxy) is 1. The first-order chi connectivity index (χ1) is 21.7. The molecule has 0 spiro atoms. The van der Waals surface area contributed by atoms with E-state index in [4.69, 9.17) is 15.1 Å². The van der Waals surface area contributed by atoms with Crippen LogP contribution < -0.4 is 21.3 Å². The number of nitrogens with one attached hydrogen (secondary N) is 6. The second-order valence-electron chi connectivity index (χ2n) is 10.9. The molecule has 0 aliphatic carbocycles. The lowest BCUT2D eigenvalue weighted by Crippen LogP contribution is -2.54. The normalized spacial score (nSPS) is 15.4. The lowest BCUT2D eigenvalue weighted by molar-refractivity contribution is -0.142. The van der Waals surface area contributed by atoms with Gasteiger partial charge in [-0.05, 0) is 74.4 Å². The summed E-state index contributed by atoms with van der Waals surface area (Å²) in [6.45, 7) is 6.61. The topological polar surface area (TPSA) is 161 Å². The Morgan fingerprint density at radius 1 is 1.04 bits per heavy atom. The highest BCUT2D eigenvalue weighted by atomic mass is 16.5. The van der Waals surface area contributed by atoms with Gasteiger partial charge in [0.2, 0.25) is 0 Å². The van der Waals surface area contributed by atoms with Crippen LogP contribution in [0.25, 0.3) is 11.0 Å². The Kier molecular flexibility index (Phi) is 9.50. The summed E-state index contributed by atoms with van der Waals surface area (Å²) in [5.41, 5.74) is 3.82. The predicted molar refractivity (Wildman–Crippen MR) is 173 cm³/mol. The van der Waals surface area contributed by atoms with Crippen molar-refractivity contribution in [3.63, 3.8) is 0 Å². The van der Waals surface area contributed by atoms with Gasteiger partial charge in [0.05, 0.1) is 36.8 Å². The van der Waals surface area contributed by atoms with E-state index in [9.17, 15) is 14.4 Å². The molecular weight excluding hydrogens is 570 g/mol. The number of nitrogens with zero attached hydrogens (tertiary/aromatic N) is 1. The van der Waals surface area contributed by atoms with Crippen molar-refractivity contribution in [2.75, 3.05) is 25.0 Å². The highest BCUT2D eigenvalue weighted by molar-refractivity contribution is 6.11. The van der Waals surface area contributed by atoms with E-state index < -0.39 is 17.6 Å². The van der Waals surface area contributed by atoms with Crippen molar-refractivity contribution >= 4 is 40.2 Å². The molecule has 5 rings (SSSR count). The maximum Gasteiger partial charge on any atom is 0.319 e. The van der Waals surface area contributed by atoms with Crippen molar-refractivity contribution in [3.05, 3.63) is 107 Å². The summed E-state index contributed by atoms with van der Waals surface area (Å²) in [6, 6.07) is 19.3. The monoisotopic (exact) mass is 607 g/mol. The lowest BCUT2D eigenvalue weighted by Gasteiger charge is -2.33. The molecule has 3 aromatic carbocycles. The van der Waals surface area contributed by atoms with Crippen LogP contribution in [0.3, 0.4) is 0 Å². The Morgan fingerprint density at radius 3 is 2.49 bits per heavy atom. The van der Waals surface area contributed by atoms with E-state index in [0.29, 0.717) is 30.0 Å². The maximum atomic E-state index is 13.8. The summed E-state index contributed by atoms with van der Waals surface area (Å²) in [7, 11) is 0. The molecule has 1 aromatic heterocycles. The smallest absolute Gasteiger partial charge is 0.319 e. The number of amidine groups is 1. The number of rotatable bonds is 12. The fourth-order valence-corrected chi connectivity index (χ4v) is 5.41. The van der Waals surface area contributed by atoms with E-state index in [2.05, 4.69) is 26.3 Å². The molecule has 1 amide bonds. The minimum atomic E-state index is -1.18. The van der Waals surface area contributed by atoms with Gasteiger partial charge in [-0.1, -0.05) is 36.4 Å². The molecule has 11 heteroatoms. The Bertz CT molecular complexity index is 1750. The summed E-state index contributed by atoms with van der Waals surface area (Å²) >= 11 is 0. The number of aromatic amines is 1. The minimum absolute atomic E-state index is 0.0147. The third-order valence-corrected chi connectivity index (χ3v) is 7.85. The Balaban J connectivity index is 1.29. The highest BCUT2D eigenvalue weighted by Crippen LogP contribution is 2.31. The number of fused-ring (bicyclic) bond motifs is 1. The van der Waals surface area contributed by atoms with E-state index in [0.717, 1.165) is 27.8 Å². The number of ketones is 1. The second-order valence-corrected chi connectivity index (χ2v) is 10.9. The van der Waals surface area contributed by atoms with Crippen molar-refractivity contribution in [1.82, 2.24) is 25.9 Å². The van der Waals surface area contributed by atoms with Gasteiger partial charge in [0, 0.05) is 23.4 Å². The quantitative estimate of drug-likeness (QED) is 0.0615. The number of amides is 1. The highest BCUT2D eigenvalue weighted by Gasteiger charge is 2.40. The molecule has 2 unspecified atom stereocenters. The van der Waals surface area contributed by atoms with Crippen LogP contribution in [0.2, 0.25) is 0 Å². The van der Waals surface area contributed by atoms with Gasteiger partial charge in [0.15, 0.2) is 5.78 Å². The summed E-state index contributed by atoms with van der Waals surface area (Å²) in [6.07, 6.45) is 3.76. The molecule has 6 N–H and O–H groups in total. The van der Waals surface area contributed by atoms with E-state index >= 15 is 0 Å². The van der Waals surface area contributed by atoms with Gasteiger partial charge in [-0.3, -0.25) is 25.1 Å². The minimum Gasteiger partial charge on any atom is -0.465 e. The second kappa shape index (κ2) is 13.7. The van der Waals surface area contributed by atoms with Gasteiger partial charge in [-0.25, -0.2) is 4.98 Å². The van der Waals surface area contributed by atoms with Crippen molar-refractivity contribution in [3.8, 4) is 0 Å². The van der Waals surface area contributed by atoms with Crippen LogP contribution in [0.5, 0.6) is 0 Å². The Morgan fingerprint density at radius 2 is 1.80 bits per heavy atom. The number of H-pyrrole nitrogens is 1. The third kappa shape index (κ3) is 7.00. The molecule has 1 aliphatic rings. The zero-order valence-corrected chi connectivity index (χ0v) is 25.5. The predicted octanol–water partition coefficient (Wildman–Crippen LogP) is 3.70. The van der Waals surface area contributed by atoms with Crippen LogP contribution in [0.15, 0.2) is 78.9 Å². The van der Waals surface area contributed by atoms with Gasteiger partial charge in [0.1, 0.15) is 17.2 Å². The van der Waals surface area contributed by atoms with Crippen LogP contribution in [0.1, 0.15) is 46.7 Å². The molecule has 232 valence electrons. The number of esters is 1. The number of aryl methyl sites for hydroxylation is 1. The average Bonchev–Trinajstić information content (AvgIpc) is 3.74. The molecule has 0 bridgehead atoms. The van der Waals surface area contributed by atoms with Crippen molar-refractivity contribution in [2.45, 2.75) is 38.9 Å². The molecule has 11 nitrogen and oxygen atoms in total. The van der Waals surface area contributed by atoms with Crippen molar-refractivity contribution in [2.24, 2.45) is 0 Å². The van der Waals surface area contributed by atoms with E-state index in [1.54, 1.807) is 50.2 Å². The fraction of sp³-hybridized carbons (Fsp3) is 0.265. The van der Waals surface area contributed by atoms with Gasteiger partial charge >= 0.3 is 5.97 Å². The summed E-state index contributed by atoms with van der Waals surface area (Å²) in [5, 5.41) is 20.6. The van der Waals surface area contributed by atoms with Crippen LogP contribution in [0.4, 0.5) is 5.69 Å². The number of anilines is 1. The van der Waals surface area contributed by atoms with Crippen LogP contribution in [0, 0.1) is 12.3 Å². The molecule has 0 saturated carbocycles. The van der Waals surface area contributed by atoms with Gasteiger partial charge < -0.3 is 25.7 Å². The summed E-state index contributed by atoms with van der Waals surface area (Å²) in [4.78, 5) is 46.6. The summed E-state index contributed by atoms with van der Waals surface area (Å²) in [5.74, 6) is -0.152. The Labute approximate surface area is 261 Å². The van der Waals surface area contributed by atoms with E-state index in [-0.39, 0.29) is 30.7 Å². The SMILES string of the molecule is CCOC(=O)CNC(C)(C(=O)C1C=CCN1)c1ccc2[nH]c(CNc3ccc(C(=N)NC(=O)c4ccccc4)cc3)nc2c1C. The lowest BCUT2D eigenvalue weighted by atomic mass is 9.81. The third-order valence-electron chi connectivity index (χ3n) is 7.85. The molecule has 0 fully saturated rings. The molecule has 1 aliphatic heterocycles. The van der Waals surface area contributed by atoms with E-state index in [1.807, 2.05) is 49.4 Å². The number of hydrogen-bond donors (Lipinski definition) is 6. The van der Waals surface area contributed by atoms with Crippen molar-refractivity contribution < 1.29 is 19.1 Å². The first-order valence-electron chi connectivity index (χ1n) is 14.8. The molecule has 2 heterocycles. The van der Waals surface area contributed by atoms with Gasteiger partial charge in [-0.2, -0.15) is 0 Å². The van der Waals surface area contributed by atoms with Crippen LogP contribution in [-0.2, 0) is 26.4 Å². The number of benzene rings is 3. The molecule has 4 aromatic rings. The largest absolute Gasteiger partial charge is 0.465 e. The maximum absolute atomic E-state index is 13.8. The number of carbonyl (C=O) groups excluding carboxylic acids is 3. The molecule has 45 heavy (non-hydrogen) atoms. The number of hydrogen-bond acceptors (Lipinski definition) is 9. The number of carbonyl (C=O) groups is 3. The standard InChI is InChI=1S/C34H37N7O4/c1-4-45-29(42)20-38-34(3,31(43)27-11-8-18-36-27)25-16-17-26-30(21(25)2)40-28(39-26)19-37-24-14-12-22(13-15-24)32(35)41-33(44)23-9-6-5-7-10-23/h5-17,27,36-38H,4,18-20H2,1-3H3,(H,39,40)(H2,35,41,44). The van der Waals surface area contributed by atoms with Crippen LogP contribution >= 0.6 is 0 Å². The molecular formula is C34H37N7O4. The number of aromatic nitrogens is 2. The van der Waals surface area contributed by atoms with Crippen molar-refractivity contribution in [1.29, 1.82) is 5.41 Å². The molecule has 0 saturated heterocycles. The zero-order valence-electron chi connectivity index (χ0n) is 25.5.